The topological polar surface area (TPSA) is 112 Å². The number of carbonyl (C=O) groups excluding carboxylic acids is 1. The fraction of sp³-hybridized carbons (Fsp3) is 0.406. The SMILES string of the molecule is COc1cc(-c2nc(NC(=O)c3cc4c(OC)cccc4n3CC(=O)O)sc2C(C)C2CCCCC2)c(OC)cc1C. The van der Waals surface area contributed by atoms with E-state index in [1.54, 1.807) is 45.6 Å². The van der Waals surface area contributed by atoms with Gasteiger partial charge in [0, 0.05) is 15.8 Å². The molecular weight excluding hydrogens is 554 g/mol. The normalized spacial score (nSPS) is 14.5. The Morgan fingerprint density at radius 3 is 2.43 bits per heavy atom. The standard InChI is InChI=1S/C32H37N3O6S/c1-18-14-27(41-5)22(16-26(18)40-4)29-30(19(2)20-10-7-6-8-11-20)42-32(33-29)34-31(38)24-15-21-23(35(24)17-28(36)37)12-9-13-25(21)39-3/h9,12-16,19-20H,6-8,10-11,17H2,1-5H3,(H,36,37)(H,33,34,38). The van der Waals surface area contributed by atoms with Crippen molar-refractivity contribution in [3.63, 3.8) is 0 Å². The Hall–Kier alpha value is -4.05. The molecule has 1 saturated carbocycles. The van der Waals surface area contributed by atoms with Crippen molar-refractivity contribution in [1.82, 2.24) is 9.55 Å². The lowest BCUT2D eigenvalue weighted by molar-refractivity contribution is -0.137. The van der Waals surface area contributed by atoms with Crippen LogP contribution in [0.2, 0.25) is 0 Å². The third-order valence-electron chi connectivity index (χ3n) is 8.27. The van der Waals surface area contributed by atoms with Gasteiger partial charge in [0.25, 0.3) is 5.91 Å². The van der Waals surface area contributed by atoms with Crippen molar-refractivity contribution in [3.05, 3.63) is 52.5 Å². The van der Waals surface area contributed by atoms with E-state index in [-0.39, 0.29) is 18.2 Å². The van der Waals surface area contributed by atoms with Gasteiger partial charge in [0.1, 0.15) is 29.5 Å². The summed E-state index contributed by atoms with van der Waals surface area (Å²) in [6.07, 6.45) is 6.01. The summed E-state index contributed by atoms with van der Waals surface area (Å²) < 4.78 is 18.4. The van der Waals surface area contributed by atoms with Crippen molar-refractivity contribution in [1.29, 1.82) is 0 Å². The first-order chi connectivity index (χ1) is 20.2. The number of aliphatic carboxylic acids is 1. The fourth-order valence-electron chi connectivity index (χ4n) is 6.06. The number of fused-ring (bicyclic) bond motifs is 1. The maximum Gasteiger partial charge on any atom is 0.323 e. The van der Waals surface area contributed by atoms with Gasteiger partial charge in [-0.05, 0) is 67.5 Å². The van der Waals surface area contributed by atoms with Crippen molar-refractivity contribution in [2.45, 2.75) is 58.4 Å². The third-order valence-corrected chi connectivity index (χ3v) is 9.44. The molecule has 1 aliphatic rings. The molecule has 0 saturated heterocycles. The summed E-state index contributed by atoms with van der Waals surface area (Å²) in [6.45, 7) is 3.84. The van der Waals surface area contributed by atoms with E-state index < -0.39 is 11.9 Å². The Morgan fingerprint density at radius 2 is 1.76 bits per heavy atom. The summed E-state index contributed by atoms with van der Waals surface area (Å²) in [4.78, 5) is 31.5. The van der Waals surface area contributed by atoms with E-state index in [2.05, 4.69) is 12.2 Å². The summed E-state index contributed by atoms with van der Waals surface area (Å²) >= 11 is 1.46. The molecule has 1 fully saturated rings. The third kappa shape index (κ3) is 5.68. The molecule has 0 bridgehead atoms. The number of thiazole rings is 1. The molecule has 222 valence electrons. The van der Waals surface area contributed by atoms with Gasteiger partial charge in [0.15, 0.2) is 5.13 Å². The average Bonchev–Trinajstić information content (AvgIpc) is 3.58. The van der Waals surface area contributed by atoms with Crippen molar-refractivity contribution in [3.8, 4) is 28.5 Å². The molecule has 1 aliphatic carbocycles. The molecule has 1 amide bonds. The summed E-state index contributed by atoms with van der Waals surface area (Å²) in [5, 5.41) is 13.7. The highest BCUT2D eigenvalue weighted by molar-refractivity contribution is 7.16. The number of methoxy groups -OCH3 is 3. The maximum atomic E-state index is 13.7. The van der Waals surface area contributed by atoms with Crippen LogP contribution in [-0.2, 0) is 11.3 Å². The van der Waals surface area contributed by atoms with E-state index >= 15 is 0 Å². The quantitative estimate of drug-likeness (QED) is 0.202. The molecule has 4 aromatic rings. The van der Waals surface area contributed by atoms with Crippen LogP contribution in [0.15, 0.2) is 36.4 Å². The Morgan fingerprint density at radius 1 is 1.05 bits per heavy atom. The molecule has 0 radical (unpaired) electrons. The number of carboxylic acid groups (broad SMARTS) is 1. The van der Waals surface area contributed by atoms with Crippen LogP contribution in [0.1, 0.15) is 65.9 Å². The number of nitrogens with one attached hydrogen (secondary N) is 1. The number of rotatable bonds is 10. The van der Waals surface area contributed by atoms with Gasteiger partial charge >= 0.3 is 5.97 Å². The van der Waals surface area contributed by atoms with E-state index in [1.807, 2.05) is 19.1 Å². The van der Waals surface area contributed by atoms with Gasteiger partial charge in [-0.25, -0.2) is 4.98 Å². The van der Waals surface area contributed by atoms with E-state index in [9.17, 15) is 14.7 Å². The van der Waals surface area contributed by atoms with Gasteiger partial charge in [-0.15, -0.1) is 11.3 Å². The lowest BCUT2D eigenvalue weighted by Crippen LogP contribution is -2.19. The van der Waals surface area contributed by atoms with Crippen LogP contribution in [0, 0.1) is 12.8 Å². The van der Waals surface area contributed by atoms with Gasteiger partial charge in [-0.1, -0.05) is 32.3 Å². The first-order valence-corrected chi connectivity index (χ1v) is 15.0. The molecule has 1 atom stereocenters. The highest BCUT2D eigenvalue weighted by atomic mass is 32.1. The molecule has 1 unspecified atom stereocenters. The number of hydrogen-bond donors (Lipinski definition) is 2. The minimum Gasteiger partial charge on any atom is -0.496 e. The van der Waals surface area contributed by atoms with Crippen LogP contribution in [0.4, 0.5) is 5.13 Å². The number of hydrogen-bond acceptors (Lipinski definition) is 7. The smallest absolute Gasteiger partial charge is 0.323 e. The number of anilines is 1. The predicted octanol–water partition coefficient (Wildman–Crippen LogP) is 7.12. The summed E-state index contributed by atoms with van der Waals surface area (Å²) in [5.74, 6) is 1.22. The zero-order chi connectivity index (χ0) is 30.0. The Kier molecular flexibility index (Phi) is 8.72. The van der Waals surface area contributed by atoms with E-state index in [4.69, 9.17) is 19.2 Å². The number of nitrogens with zero attached hydrogens (tertiary/aromatic N) is 2. The first-order valence-electron chi connectivity index (χ1n) is 14.2. The second-order valence-corrected chi connectivity index (χ2v) is 11.8. The second-order valence-electron chi connectivity index (χ2n) is 10.8. The van der Waals surface area contributed by atoms with Crippen LogP contribution in [0.25, 0.3) is 22.2 Å². The molecule has 2 heterocycles. The van der Waals surface area contributed by atoms with Gasteiger partial charge in [0.05, 0.1) is 32.5 Å². The molecule has 42 heavy (non-hydrogen) atoms. The highest BCUT2D eigenvalue weighted by Gasteiger charge is 2.29. The molecule has 2 N–H and O–H groups in total. The second kappa shape index (κ2) is 12.4. The summed E-state index contributed by atoms with van der Waals surface area (Å²) in [5.41, 5.74) is 3.33. The van der Waals surface area contributed by atoms with Crippen molar-refractivity contribution < 1.29 is 28.9 Å². The zero-order valence-corrected chi connectivity index (χ0v) is 25.5. The van der Waals surface area contributed by atoms with E-state index in [0.717, 1.165) is 40.3 Å². The summed E-state index contributed by atoms with van der Waals surface area (Å²) in [6, 6.07) is 10.9. The Balaban J connectivity index is 1.59. The molecule has 9 nitrogen and oxygen atoms in total. The van der Waals surface area contributed by atoms with E-state index in [0.29, 0.717) is 33.5 Å². The molecular formula is C32H37N3O6S. The molecule has 0 aliphatic heterocycles. The lowest BCUT2D eigenvalue weighted by Gasteiger charge is -2.27. The van der Waals surface area contributed by atoms with Gasteiger partial charge < -0.3 is 23.9 Å². The number of benzene rings is 2. The predicted molar refractivity (Wildman–Crippen MR) is 164 cm³/mol. The van der Waals surface area contributed by atoms with Crippen LogP contribution >= 0.6 is 11.3 Å². The number of carboxylic acids is 1. The van der Waals surface area contributed by atoms with Crippen LogP contribution in [0.3, 0.4) is 0 Å². The van der Waals surface area contributed by atoms with Crippen molar-refractivity contribution >= 4 is 39.2 Å². The highest BCUT2D eigenvalue weighted by Crippen LogP contribution is 2.46. The lowest BCUT2D eigenvalue weighted by atomic mass is 9.79. The zero-order valence-electron chi connectivity index (χ0n) is 24.7. The van der Waals surface area contributed by atoms with Crippen LogP contribution in [-0.4, -0.2) is 47.9 Å². The minimum atomic E-state index is -1.05. The maximum absolute atomic E-state index is 13.7. The minimum absolute atomic E-state index is 0.213. The molecule has 2 aromatic carbocycles. The average molecular weight is 592 g/mol. The first kappa shape index (κ1) is 29.4. The van der Waals surface area contributed by atoms with E-state index in [1.165, 1.54) is 35.2 Å². The molecule has 2 aromatic heterocycles. The molecule has 5 rings (SSSR count). The molecule has 0 spiro atoms. The number of aryl methyl sites for hydroxylation is 1. The molecule has 10 heteroatoms. The monoisotopic (exact) mass is 591 g/mol. The number of carbonyl (C=O) groups is 2. The Bertz CT molecular complexity index is 1620. The Labute approximate surface area is 249 Å². The number of ether oxygens (including phenoxy) is 3. The van der Waals surface area contributed by atoms with Gasteiger partial charge in [-0.2, -0.15) is 0 Å². The van der Waals surface area contributed by atoms with Crippen LogP contribution < -0.4 is 19.5 Å². The van der Waals surface area contributed by atoms with Gasteiger partial charge in [0.2, 0.25) is 0 Å². The largest absolute Gasteiger partial charge is 0.496 e. The van der Waals surface area contributed by atoms with Crippen molar-refractivity contribution in [2.24, 2.45) is 5.92 Å². The number of amides is 1. The van der Waals surface area contributed by atoms with Crippen LogP contribution in [0.5, 0.6) is 17.2 Å². The van der Waals surface area contributed by atoms with Crippen molar-refractivity contribution in [2.75, 3.05) is 26.6 Å². The number of aromatic nitrogens is 2. The summed E-state index contributed by atoms with van der Waals surface area (Å²) in [7, 11) is 4.82. The van der Waals surface area contributed by atoms with Gasteiger partial charge in [-0.3, -0.25) is 14.9 Å². The fourth-order valence-corrected chi connectivity index (χ4v) is 7.18.